The molecular formula is C45H48N4. The molecule has 0 aliphatic rings. The lowest BCUT2D eigenvalue weighted by molar-refractivity contribution is 1.25. The molecule has 0 unspecified atom stereocenters. The third-order valence-corrected chi connectivity index (χ3v) is 9.24. The molecule has 49 heavy (non-hydrogen) atoms. The van der Waals surface area contributed by atoms with Crippen molar-refractivity contribution in [3.63, 3.8) is 0 Å². The van der Waals surface area contributed by atoms with E-state index in [1.165, 1.54) is 50.1 Å². The number of benzene rings is 6. The van der Waals surface area contributed by atoms with E-state index in [0.29, 0.717) is 0 Å². The first-order valence-electron chi connectivity index (χ1n) is 17.1. The molecule has 4 nitrogen and oxygen atoms in total. The zero-order valence-corrected chi connectivity index (χ0v) is 30.3. The molecule has 0 aromatic heterocycles. The number of nitrogens with zero attached hydrogens (tertiary/aromatic N) is 1. The summed E-state index contributed by atoms with van der Waals surface area (Å²) in [7, 11) is 0. The van der Waals surface area contributed by atoms with Crippen molar-refractivity contribution < 1.29 is 0 Å². The Morgan fingerprint density at radius 2 is 0.551 bits per heavy atom. The van der Waals surface area contributed by atoms with E-state index < -0.39 is 0 Å². The average molecular weight is 645 g/mol. The van der Waals surface area contributed by atoms with Crippen LogP contribution in [-0.4, -0.2) is 0 Å². The summed E-state index contributed by atoms with van der Waals surface area (Å²) >= 11 is 0. The lowest BCUT2D eigenvalue weighted by Crippen LogP contribution is -2.16. The Morgan fingerprint density at radius 3 is 0.796 bits per heavy atom. The molecular weight excluding hydrogens is 597 g/mol. The van der Waals surface area contributed by atoms with Gasteiger partial charge in [-0.05, 0) is 132 Å². The van der Waals surface area contributed by atoms with Crippen molar-refractivity contribution in [2.45, 2.75) is 62.3 Å². The van der Waals surface area contributed by atoms with Gasteiger partial charge in [0.2, 0.25) is 0 Å². The van der Waals surface area contributed by atoms with Crippen LogP contribution in [0.2, 0.25) is 0 Å². The lowest BCUT2D eigenvalue weighted by atomic mass is 10.0. The topological polar surface area (TPSA) is 39.3 Å². The summed E-state index contributed by atoms with van der Waals surface area (Å²) in [6, 6.07) is 39.3. The number of rotatable bonds is 9. The number of nitrogens with one attached hydrogen (secondary N) is 3. The van der Waals surface area contributed by atoms with Crippen LogP contribution in [0.3, 0.4) is 0 Å². The van der Waals surface area contributed by atoms with E-state index in [2.05, 4.69) is 192 Å². The number of aryl methyl sites for hydroxylation is 9. The molecule has 0 aliphatic heterocycles. The maximum absolute atomic E-state index is 3.86. The van der Waals surface area contributed by atoms with Gasteiger partial charge >= 0.3 is 0 Å². The van der Waals surface area contributed by atoms with Gasteiger partial charge in [0.25, 0.3) is 0 Å². The van der Waals surface area contributed by atoms with Crippen LogP contribution in [-0.2, 0) is 0 Å². The fourth-order valence-electron chi connectivity index (χ4n) is 7.25. The number of hydrogen-bond acceptors (Lipinski definition) is 4. The van der Waals surface area contributed by atoms with Gasteiger partial charge in [-0.25, -0.2) is 0 Å². The minimum Gasteiger partial charge on any atom is -0.353 e. The summed E-state index contributed by atoms with van der Waals surface area (Å²) in [5, 5.41) is 11.6. The third kappa shape index (κ3) is 7.05. The zero-order valence-electron chi connectivity index (χ0n) is 30.3. The molecule has 248 valence electrons. The van der Waals surface area contributed by atoms with E-state index in [-0.39, 0.29) is 0 Å². The summed E-state index contributed by atoms with van der Waals surface area (Å²) in [5.41, 5.74) is 20.7. The minimum absolute atomic E-state index is 1.02. The normalized spacial score (nSPS) is 11.0. The van der Waals surface area contributed by atoms with E-state index in [9.17, 15) is 0 Å². The van der Waals surface area contributed by atoms with Crippen LogP contribution < -0.4 is 20.9 Å². The second kappa shape index (κ2) is 13.9. The Bertz CT molecular complexity index is 1840. The first-order chi connectivity index (χ1) is 23.5. The predicted molar refractivity (Wildman–Crippen MR) is 213 cm³/mol. The van der Waals surface area contributed by atoms with Crippen molar-refractivity contribution in [1.29, 1.82) is 0 Å². The van der Waals surface area contributed by atoms with Gasteiger partial charge in [-0.1, -0.05) is 89.5 Å². The molecule has 0 saturated heterocycles. The molecule has 0 aliphatic carbocycles. The van der Waals surface area contributed by atoms with Crippen LogP contribution in [0.1, 0.15) is 50.1 Å². The molecule has 0 heterocycles. The van der Waals surface area contributed by atoms with Crippen molar-refractivity contribution >= 4 is 51.2 Å². The summed E-state index contributed by atoms with van der Waals surface area (Å²) in [5.74, 6) is 0. The van der Waals surface area contributed by atoms with Crippen molar-refractivity contribution in [2.24, 2.45) is 0 Å². The first kappa shape index (κ1) is 33.4. The molecule has 0 spiro atoms. The van der Waals surface area contributed by atoms with Gasteiger partial charge < -0.3 is 20.9 Å². The Kier molecular flexibility index (Phi) is 9.51. The highest BCUT2D eigenvalue weighted by Gasteiger charge is 2.23. The second-order valence-electron chi connectivity index (χ2n) is 13.6. The van der Waals surface area contributed by atoms with Gasteiger partial charge in [0.1, 0.15) is 0 Å². The maximum atomic E-state index is 3.86. The van der Waals surface area contributed by atoms with Crippen LogP contribution in [0.5, 0.6) is 0 Å². The molecule has 6 aromatic carbocycles. The van der Waals surface area contributed by atoms with Gasteiger partial charge in [0.15, 0.2) is 0 Å². The van der Waals surface area contributed by atoms with Crippen LogP contribution >= 0.6 is 0 Å². The molecule has 3 N–H and O–H groups in total. The van der Waals surface area contributed by atoms with Crippen LogP contribution in [0, 0.1) is 62.3 Å². The molecule has 0 bridgehead atoms. The zero-order chi connectivity index (χ0) is 34.8. The standard InChI is InChI=1S/C45H48N4/c1-28-22-31(4)43(32(5)23-28)46-37-16-10-13-19-40(37)49(41-20-14-11-17-38(41)47-44-33(6)24-29(2)25-34(44)7)42-21-15-12-18-39(42)48-45-35(8)26-30(3)27-36(45)9/h10-27,46-48H,1-9H3. The molecule has 0 fully saturated rings. The van der Waals surface area contributed by atoms with Crippen molar-refractivity contribution in [3.8, 4) is 0 Å². The van der Waals surface area contributed by atoms with Gasteiger partial charge in [-0.3, -0.25) is 0 Å². The molecule has 4 heteroatoms. The van der Waals surface area contributed by atoms with Crippen LogP contribution in [0.25, 0.3) is 0 Å². The summed E-state index contributed by atoms with van der Waals surface area (Å²) in [6.07, 6.45) is 0. The minimum atomic E-state index is 1.02. The third-order valence-electron chi connectivity index (χ3n) is 9.24. The van der Waals surface area contributed by atoms with Crippen LogP contribution in [0.4, 0.5) is 51.2 Å². The fourth-order valence-corrected chi connectivity index (χ4v) is 7.25. The average Bonchev–Trinajstić information content (AvgIpc) is 3.04. The van der Waals surface area contributed by atoms with Gasteiger partial charge in [-0.2, -0.15) is 0 Å². The highest BCUT2D eigenvalue weighted by molar-refractivity contribution is 5.96. The highest BCUT2D eigenvalue weighted by Crippen LogP contribution is 2.47. The fraction of sp³-hybridized carbons (Fsp3) is 0.200. The Hall–Kier alpha value is -5.48. The Morgan fingerprint density at radius 1 is 0.327 bits per heavy atom. The van der Waals surface area contributed by atoms with E-state index in [1.807, 2.05) is 0 Å². The molecule has 0 atom stereocenters. The number of para-hydroxylation sites is 6. The monoisotopic (exact) mass is 644 g/mol. The smallest absolute Gasteiger partial charge is 0.0698 e. The SMILES string of the molecule is Cc1cc(C)c(Nc2ccccc2N(c2ccccc2Nc2c(C)cc(C)cc2C)c2ccccc2Nc2c(C)cc(C)cc2C)c(C)c1. The predicted octanol–water partition coefficient (Wildman–Crippen LogP) is 13.2. The lowest BCUT2D eigenvalue weighted by Gasteiger charge is -2.32. The molecule has 0 saturated carbocycles. The maximum Gasteiger partial charge on any atom is 0.0698 e. The number of anilines is 9. The summed E-state index contributed by atoms with van der Waals surface area (Å²) in [4.78, 5) is 2.38. The van der Waals surface area contributed by atoms with Gasteiger partial charge in [-0.15, -0.1) is 0 Å². The molecule has 0 radical (unpaired) electrons. The van der Waals surface area contributed by atoms with Gasteiger partial charge in [0, 0.05) is 17.1 Å². The van der Waals surface area contributed by atoms with Crippen molar-refractivity contribution in [3.05, 3.63) is 159 Å². The Balaban J connectivity index is 1.57. The second-order valence-corrected chi connectivity index (χ2v) is 13.6. The van der Waals surface area contributed by atoms with E-state index in [1.54, 1.807) is 0 Å². The Labute approximate surface area is 292 Å². The molecule has 6 aromatic rings. The first-order valence-corrected chi connectivity index (χ1v) is 17.1. The van der Waals surface area contributed by atoms with E-state index in [4.69, 9.17) is 0 Å². The molecule has 0 amide bonds. The van der Waals surface area contributed by atoms with E-state index >= 15 is 0 Å². The quantitative estimate of drug-likeness (QED) is 0.146. The summed E-state index contributed by atoms with van der Waals surface area (Å²) < 4.78 is 0. The number of hydrogen-bond donors (Lipinski definition) is 3. The largest absolute Gasteiger partial charge is 0.353 e. The van der Waals surface area contributed by atoms with Gasteiger partial charge in [0.05, 0.1) is 34.1 Å². The highest BCUT2D eigenvalue weighted by atomic mass is 15.2. The molecule has 6 rings (SSSR count). The summed E-state index contributed by atoms with van der Waals surface area (Å²) in [6.45, 7) is 19.5. The van der Waals surface area contributed by atoms with Crippen LogP contribution in [0.15, 0.2) is 109 Å². The van der Waals surface area contributed by atoms with E-state index in [0.717, 1.165) is 51.2 Å². The van der Waals surface area contributed by atoms with Crippen molar-refractivity contribution in [1.82, 2.24) is 0 Å². The van der Waals surface area contributed by atoms with Crippen molar-refractivity contribution in [2.75, 3.05) is 20.9 Å².